The lowest BCUT2D eigenvalue weighted by molar-refractivity contribution is -0.122. The molecular formula is C15H22F2N2O2. The van der Waals surface area contributed by atoms with E-state index in [9.17, 15) is 13.6 Å². The highest BCUT2D eigenvalue weighted by Crippen LogP contribution is 2.15. The Labute approximate surface area is 124 Å². The highest BCUT2D eigenvalue weighted by molar-refractivity contribution is 5.77. The molecule has 118 valence electrons. The van der Waals surface area contributed by atoms with Crippen LogP contribution in [0.4, 0.5) is 8.78 Å². The molecule has 1 rings (SSSR count). The van der Waals surface area contributed by atoms with Crippen LogP contribution in [0, 0.1) is 0 Å². The lowest BCUT2D eigenvalue weighted by Gasteiger charge is -2.16. The van der Waals surface area contributed by atoms with E-state index in [1.165, 1.54) is 12.1 Å². The van der Waals surface area contributed by atoms with Gasteiger partial charge >= 0.3 is 6.61 Å². The second kappa shape index (κ2) is 9.28. The molecule has 0 aromatic heterocycles. The van der Waals surface area contributed by atoms with Crippen LogP contribution < -0.4 is 10.1 Å². The molecule has 1 aromatic rings. The summed E-state index contributed by atoms with van der Waals surface area (Å²) in [6, 6.07) is 6.42. The highest BCUT2D eigenvalue weighted by atomic mass is 19.3. The fourth-order valence-corrected chi connectivity index (χ4v) is 1.85. The molecule has 1 N–H and O–H groups in total. The minimum Gasteiger partial charge on any atom is -0.435 e. The summed E-state index contributed by atoms with van der Waals surface area (Å²) in [7, 11) is 1.84. The molecule has 0 heterocycles. The Bertz CT molecular complexity index is 424. The molecule has 0 fully saturated rings. The van der Waals surface area contributed by atoms with Gasteiger partial charge in [-0.2, -0.15) is 8.78 Å². The molecule has 0 atom stereocenters. The minimum absolute atomic E-state index is 0.0106. The molecule has 6 heteroatoms. The largest absolute Gasteiger partial charge is 0.435 e. The summed E-state index contributed by atoms with van der Waals surface area (Å²) in [6.07, 6.45) is 2.02. The first kappa shape index (κ1) is 17.4. The number of likely N-dealkylation sites (N-methyl/N-ethyl adjacent to an activating group) is 1. The highest BCUT2D eigenvalue weighted by Gasteiger charge is 2.08. The number of carbonyl (C=O) groups excluding carboxylic acids is 1. The number of nitrogens with zero attached hydrogens (tertiary/aromatic N) is 1. The molecular weight excluding hydrogens is 278 g/mol. The van der Waals surface area contributed by atoms with Crippen molar-refractivity contribution in [2.75, 3.05) is 20.1 Å². The third-order valence-electron chi connectivity index (χ3n) is 2.87. The molecule has 0 aliphatic carbocycles. The summed E-state index contributed by atoms with van der Waals surface area (Å²) in [5.41, 5.74) is 0.931. The fourth-order valence-electron chi connectivity index (χ4n) is 1.85. The predicted octanol–water partition coefficient (Wildman–Crippen LogP) is 2.64. The standard InChI is InChI=1S/C15H22F2N2O2/c1-3-4-9-18-14(20)11-19(2)10-12-5-7-13(8-6-12)21-15(16)17/h5-8,15H,3-4,9-11H2,1-2H3,(H,18,20). The number of amides is 1. The van der Waals surface area contributed by atoms with Gasteiger partial charge in [0.1, 0.15) is 5.75 Å². The van der Waals surface area contributed by atoms with Crippen LogP contribution in [0.15, 0.2) is 24.3 Å². The number of ether oxygens (including phenoxy) is 1. The number of carbonyl (C=O) groups is 1. The van der Waals surface area contributed by atoms with Crippen LogP contribution in [0.25, 0.3) is 0 Å². The zero-order chi connectivity index (χ0) is 15.7. The first-order valence-electron chi connectivity index (χ1n) is 7.00. The zero-order valence-electron chi connectivity index (χ0n) is 12.4. The molecule has 0 saturated carbocycles. The molecule has 0 saturated heterocycles. The normalized spacial score (nSPS) is 11.0. The van der Waals surface area contributed by atoms with Crippen LogP contribution in [-0.4, -0.2) is 37.6 Å². The molecule has 0 unspecified atom stereocenters. The topological polar surface area (TPSA) is 41.6 Å². The van der Waals surface area contributed by atoms with Gasteiger partial charge < -0.3 is 10.1 Å². The number of unbranched alkanes of at least 4 members (excludes halogenated alkanes) is 1. The quantitative estimate of drug-likeness (QED) is 0.713. The van der Waals surface area contributed by atoms with Crippen LogP contribution >= 0.6 is 0 Å². The van der Waals surface area contributed by atoms with E-state index in [0.717, 1.165) is 18.4 Å². The SMILES string of the molecule is CCCCNC(=O)CN(C)Cc1ccc(OC(F)F)cc1. The van der Waals surface area contributed by atoms with Crippen molar-refractivity contribution in [3.8, 4) is 5.75 Å². The van der Waals surface area contributed by atoms with Crippen molar-refractivity contribution in [3.05, 3.63) is 29.8 Å². The maximum absolute atomic E-state index is 12.0. The average molecular weight is 300 g/mol. The first-order valence-corrected chi connectivity index (χ1v) is 7.00. The van der Waals surface area contributed by atoms with E-state index in [1.807, 2.05) is 11.9 Å². The van der Waals surface area contributed by atoms with Gasteiger partial charge in [0.25, 0.3) is 0 Å². The lowest BCUT2D eigenvalue weighted by Crippen LogP contribution is -2.35. The van der Waals surface area contributed by atoms with Crippen molar-refractivity contribution in [2.24, 2.45) is 0 Å². The van der Waals surface area contributed by atoms with Crippen molar-refractivity contribution in [1.82, 2.24) is 10.2 Å². The van der Waals surface area contributed by atoms with Crippen LogP contribution in [0.5, 0.6) is 5.75 Å². The summed E-state index contributed by atoms with van der Waals surface area (Å²) in [5.74, 6) is 0.123. The average Bonchev–Trinajstić information content (AvgIpc) is 2.40. The second-order valence-corrected chi connectivity index (χ2v) is 4.90. The zero-order valence-corrected chi connectivity index (χ0v) is 12.4. The number of hydrogen-bond donors (Lipinski definition) is 1. The van der Waals surface area contributed by atoms with Crippen LogP contribution in [0.3, 0.4) is 0 Å². The summed E-state index contributed by atoms with van der Waals surface area (Å²) in [4.78, 5) is 13.5. The van der Waals surface area contributed by atoms with Crippen molar-refractivity contribution < 1.29 is 18.3 Å². The summed E-state index contributed by atoms with van der Waals surface area (Å²) in [5, 5.41) is 2.85. The smallest absolute Gasteiger partial charge is 0.387 e. The van der Waals surface area contributed by atoms with E-state index in [1.54, 1.807) is 12.1 Å². The Balaban J connectivity index is 2.36. The summed E-state index contributed by atoms with van der Waals surface area (Å²) >= 11 is 0. The fraction of sp³-hybridized carbons (Fsp3) is 0.533. The molecule has 1 aromatic carbocycles. The third kappa shape index (κ3) is 7.60. The number of rotatable bonds is 9. The van der Waals surface area contributed by atoms with E-state index in [0.29, 0.717) is 19.6 Å². The van der Waals surface area contributed by atoms with Gasteiger partial charge in [-0.3, -0.25) is 9.69 Å². The maximum Gasteiger partial charge on any atom is 0.387 e. The third-order valence-corrected chi connectivity index (χ3v) is 2.87. The number of hydrogen-bond acceptors (Lipinski definition) is 3. The number of alkyl halides is 2. The van der Waals surface area contributed by atoms with Crippen LogP contribution in [0.1, 0.15) is 25.3 Å². The van der Waals surface area contributed by atoms with E-state index in [4.69, 9.17) is 0 Å². The van der Waals surface area contributed by atoms with Gasteiger partial charge in [0, 0.05) is 13.1 Å². The van der Waals surface area contributed by atoms with Crippen LogP contribution in [-0.2, 0) is 11.3 Å². The van der Waals surface area contributed by atoms with Gasteiger partial charge in [0.05, 0.1) is 6.54 Å². The van der Waals surface area contributed by atoms with Gasteiger partial charge in [0.2, 0.25) is 5.91 Å². The van der Waals surface area contributed by atoms with Gasteiger partial charge in [-0.1, -0.05) is 25.5 Å². The Morgan fingerprint density at radius 3 is 2.57 bits per heavy atom. The molecule has 0 spiro atoms. The molecule has 1 amide bonds. The first-order chi connectivity index (χ1) is 10.0. The van der Waals surface area contributed by atoms with Crippen molar-refractivity contribution in [3.63, 3.8) is 0 Å². The van der Waals surface area contributed by atoms with Gasteiger partial charge in [0.15, 0.2) is 0 Å². The van der Waals surface area contributed by atoms with Gasteiger partial charge in [-0.25, -0.2) is 0 Å². The molecule has 21 heavy (non-hydrogen) atoms. The Hall–Kier alpha value is -1.69. The molecule has 4 nitrogen and oxygen atoms in total. The Morgan fingerprint density at radius 1 is 1.33 bits per heavy atom. The van der Waals surface area contributed by atoms with Gasteiger partial charge in [-0.15, -0.1) is 0 Å². The van der Waals surface area contributed by atoms with E-state index in [2.05, 4.69) is 17.0 Å². The monoisotopic (exact) mass is 300 g/mol. The van der Waals surface area contributed by atoms with E-state index in [-0.39, 0.29) is 11.7 Å². The van der Waals surface area contributed by atoms with Crippen molar-refractivity contribution in [1.29, 1.82) is 0 Å². The second-order valence-electron chi connectivity index (χ2n) is 4.90. The maximum atomic E-state index is 12.0. The predicted molar refractivity (Wildman–Crippen MR) is 77.3 cm³/mol. The van der Waals surface area contributed by atoms with Crippen molar-refractivity contribution in [2.45, 2.75) is 32.9 Å². The Kier molecular flexibility index (Phi) is 7.68. The van der Waals surface area contributed by atoms with E-state index < -0.39 is 6.61 Å². The number of halogens is 2. The molecule has 0 bridgehead atoms. The summed E-state index contributed by atoms with van der Waals surface area (Å²) in [6.45, 7) is 0.822. The summed E-state index contributed by atoms with van der Waals surface area (Å²) < 4.78 is 28.3. The molecule has 0 aliphatic rings. The molecule has 0 radical (unpaired) electrons. The van der Waals surface area contributed by atoms with Crippen LogP contribution in [0.2, 0.25) is 0 Å². The number of benzene rings is 1. The lowest BCUT2D eigenvalue weighted by atomic mass is 10.2. The minimum atomic E-state index is -2.81. The van der Waals surface area contributed by atoms with Crippen molar-refractivity contribution >= 4 is 5.91 Å². The number of nitrogens with one attached hydrogen (secondary N) is 1. The van der Waals surface area contributed by atoms with E-state index >= 15 is 0 Å². The Morgan fingerprint density at radius 2 is 2.00 bits per heavy atom. The van der Waals surface area contributed by atoms with Gasteiger partial charge in [-0.05, 0) is 31.2 Å². The molecule has 0 aliphatic heterocycles.